The standard InChI is InChI=1S/C15H24N2O3/c1-19-14-6-5-13(10-15(14)20-8-7-18)17-12-4-2-3-11(16)9-12/h5-6,10-12,17-18H,2-4,7-9,16H2,1H3. The van der Waals surface area contributed by atoms with Gasteiger partial charge in [0.05, 0.1) is 13.7 Å². The van der Waals surface area contributed by atoms with Crippen LogP contribution in [0.25, 0.3) is 0 Å². The average Bonchev–Trinajstić information content (AvgIpc) is 2.45. The second kappa shape index (κ2) is 7.36. The van der Waals surface area contributed by atoms with Gasteiger partial charge in [-0.05, 0) is 37.8 Å². The van der Waals surface area contributed by atoms with Crippen molar-refractivity contribution < 1.29 is 14.6 Å². The molecular weight excluding hydrogens is 256 g/mol. The number of hydrogen-bond donors (Lipinski definition) is 3. The average molecular weight is 280 g/mol. The number of methoxy groups -OCH3 is 1. The monoisotopic (exact) mass is 280 g/mol. The predicted octanol–water partition coefficient (Wildman–Crippen LogP) is 1.75. The van der Waals surface area contributed by atoms with E-state index in [2.05, 4.69) is 5.32 Å². The summed E-state index contributed by atoms with van der Waals surface area (Å²) in [5.41, 5.74) is 7.01. The van der Waals surface area contributed by atoms with Crippen molar-refractivity contribution in [2.45, 2.75) is 37.8 Å². The van der Waals surface area contributed by atoms with Crippen LogP contribution in [0.2, 0.25) is 0 Å². The van der Waals surface area contributed by atoms with Gasteiger partial charge in [-0.2, -0.15) is 0 Å². The highest BCUT2D eigenvalue weighted by Crippen LogP contribution is 2.31. The molecule has 1 saturated carbocycles. The van der Waals surface area contributed by atoms with Crippen LogP contribution < -0.4 is 20.5 Å². The van der Waals surface area contributed by atoms with E-state index < -0.39 is 0 Å². The SMILES string of the molecule is COc1ccc(NC2CCCC(N)C2)cc1OCCO. The number of rotatable bonds is 6. The van der Waals surface area contributed by atoms with Crippen molar-refractivity contribution in [1.82, 2.24) is 0 Å². The molecule has 1 fully saturated rings. The Balaban J connectivity index is 2.03. The largest absolute Gasteiger partial charge is 0.493 e. The highest BCUT2D eigenvalue weighted by atomic mass is 16.5. The summed E-state index contributed by atoms with van der Waals surface area (Å²) < 4.78 is 10.7. The molecule has 0 amide bonds. The smallest absolute Gasteiger partial charge is 0.163 e. The summed E-state index contributed by atoms with van der Waals surface area (Å²) in [6, 6.07) is 6.47. The molecule has 2 rings (SSSR count). The summed E-state index contributed by atoms with van der Waals surface area (Å²) in [7, 11) is 1.61. The first kappa shape index (κ1) is 14.9. The lowest BCUT2D eigenvalue weighted by molar-refractivity contribution is 0.196. The Labute approximate surface area is 120 Å². The van der Waals surface area contributed by atoms with Gasteiger partial charge in [0.15, 0.2) is 11.5 Å². The Morgan fingerprint density at radius 1 is 1.35 bits per heavy atom. The number of benzene rings is 1. The van der Waals surface area contributed by atoms with Gasteiger partial charge in [-0.25, -0.2) is 0 Å². The normalized spacial score (nSPS) is 22.4. The Morgan fingerprint density at radius 2 is 2.20 bits per heavy atom. The fourth-order valence-corrected chi connectivity index (χ4v) is 2.63. The second-order valence-corrected chi connectivity index (χ2v) is 5.21. The van der Waals surface area contributed by atoms with Gasteiger partial charge in [-0.15, -0.1) is 0 Å². The Morgan fingerprint density at radius 3 is 2.90 bits per heavy atom. The lowest BCUT2D eigenvalue weighted by Gasteiger charge is -2.28. The molecule has 1 aliphatic carbocycles. The van der Waals surface area contributed by atoms with Gasteiger partial charge in [0.25, 0.3) is 0 Å². The molecule has 0 heterocycles. The molecule has 0 aliphatic heterocycles. The number of aliphatic hydroxyl groups excluding tert-OH is 1. The number of ether oxygens (including phenoxy) is 2. The molecule has 1 aromatic carbocycles. The van der Waals surface area contributed by atoms with Crippen molar-refractivity contribution in [2.24, 2.45) is 5.73 Å². The van der Waals surface area contributed by atoms with E-state index in [1.165, 1.54) is 6.42 Å². The molecule has 1 aliphatic rings. The minimum Gasteiger partial charge on any atom is -0.493 e. The van der Waals surface area contributed by atoms with Gasteiger partial charge in [-0.3, -0.25) is 0 Å². The van der Waals surface area contributed by atoms with Gasteiger partial charge < -0.3 is 25.6 Å². The first-order chi connectivity index (χ1) is 9.72. The minimum absolute atomic E-state index is 0.0156. The maximum atomic E-state index is 8.86. The maximum absolute atomic E-state index is 8.86. The zero-order chi connectivity index (χ0) is 14.4. The highest BCUT2D eigenvalue weighted by molar-refractivity contribution is 5.55. The van der Waals surface area contributed by atoms with Crippen LogP contribution in [-0.2, 0) is 0 Å². The summed E-state index contributed by atoms with van der Waals surface area (Å²) in [6.45, 7) is 0.242. The van der Waals surface area contributed by atoms with Crippen LogP contribution in [0.1, 0.15) is 25.7 Å². The van der Waals surface area contributed by atoms with Crippen LogP contribution in [0.15, 0.2) is 18.2 Å². The third kappa shape index (κ3) is 4.02. The summed E-state index contributed by atoms with van der Waals surface area (Å²) in [4.78, 5) is 0. The molecule has 0 spiro atoms. The van der Waals surface area contributed by atoms with E-state index in [9.17, 15) is 0 Å². The van der Waals surface area contributed by atoms with Crippen LogP contribution in [0.3, 0.4) is 0 Å². The molecule has 2 unspecified atom stereocenters. The van der Waals surface area contributed by atoms with Crippen molar-refractivity contribution in [2.75, 3.05) is 25.6 Å². The molecule has 1 aromatic rings. The minimum atomic E-state index is -0.0156. The summed E-state index contributed by atoms with van der Waals surface area (Å²) in [5, 5.41) is 12.4. The van der Waals surface area contributed by atoms with E-state index in [-0.39, 0.29) is 13.2 Å². The van der Waals surface area contributed by atoms with E-state index in [1.54, 1.807) is 7.11 Å². The number of nitrogens with one attached hydrogen (secondary N) is 1. The lowest BCUT2D eigenvalue weighted by atomic mass is 9.91. The first-order valence-electron chi connectivity index (χ1n) is 7.16. The predicted molar refractivity (Wildman–Crippen MR) is 79.4 cm³/mol. The molecule has 2 atom stereocenters. The molecule has 0 saturated heterocycles. The second-order valence-electron chi connectivity index (χ2n) is 5.21. The number of hydrogen-bond acceptors (Lipinski definition) is 5. The fraction of sp³-hybridized carbons (Fsp3) is 0.600. The fourth-order valence-electron chi connectivity index (χ4n) is 2.63. The quantitative estimate of drug-likeness (QED) is 0.740. The van der Waals surface area contributed by atoms with Crippen LogP contribution >= 0.6 is 0 Å². The summed E-state index contributed by atoms with van der Waals surface area (Å²) in [6.07, 6.45) is 4.43. The number of anilines is 1. The summed E-state index contributed by atoms with van der Waals surface area (Å²) in [5.74, 6) is 1.32. The van der Waals surface area contributed by atoms with Crippen molar-refractivity contribution in [1.29, 1.82) is 0 Å². The molecule has 0 bridgehead atoms. The topological polar surface area (TPSA) is 76.7 Å². The van der Waals surface area contributed by atoms with Crippen LogP contribution in [0.5, 0.6) is 11.5 Å². The van der Waals surface area contributed by atoms with Crippen LogP contribution in [0, 0.1) is 0 Å². The maximum Gasteiger partial charge on any atom is 0.163 e. The van der Waals surface area contributed by atoms with Crippen molar-refractivity contribution >= 4 is 5.69 Å². The molecular formula is C15H24N2O3. The van der Waals surface area contributed by atoms with Crippen molar-refractivity contribution in [3.63, 3.8) is 0 Å². The van der Waals surface area contributed by atoms with E-state index in [0.717, 1.165) is 24.9 Å². The number of aliphatic hydroxyl groups is 1. The van der Waals surface area contributed by atoms with Gasteiger partial charge in [0.2, 0.25) is 0 Å². The van der Waals surface area contributed by atoms with E-state index in [0.29, 0.717) is 23.6 Å². The molecule has 4 N–H and O–H groups in total. The third-order valence-corrected chi connectivity index (χ3v) is 3.60. The Hall–Kier alpha value is -1.46. The van der Waals surface area contributed by atoms with Crippen molar-refractivity contribution in [3.05, 3.63) is 18.2 Å². The summed E-state index contributed by atoms with van der Waals surface area (Å²) >= 11 is 0. The molecule has 5 heteroatoms. The van der Waals surface area contributed by atoms with E-state index >= 15 is 0 Å². The molecule has 0 aromatic heterocycles. The molecule has 5 nitrogen and oxygen atoms in total. The zero-order valence-electron chi connectivity index (χ0n) is 12.0. The van der Waals surface area contributed by atoms with Gasteiger partial charge >= 0.3 is 0 Å². The molecule has 20 heavy (non-hydrogen) atoms. The van der Waals surface area contributed by atoms with Crippen LogP contribution in [0.4, 0.5) is 5.69 Å². The highest BCUT2D eigenvalue weighted by Gasteiger charge is 2.19. The Kier molecular flexibility index (Phi) is 5.49. The van der Waals surface area contributed by atoms with E-state index in [1.807, 2.05) is 18.2 Å². The van der Waals surface area contributed by atoms with Gasteiger partial charge in [-0.1, -0.05) is 0 Å². The van der Waals surface area contributed by atoms with Crippen LogP contribution in [-0.4, -0.2) is 37.5 Å². The Bertz CT molecular complexity index is 426. The van der Waals surface area contributed by atoms with Gasteiger partial charge in [0.1, 0.15) is 6.61 Å². The third-order valence-electron chi connectivity index (χ3n) is 3.60. The number of nitrogens with two attached hydrogens (primary N) is 1. The van der Waals surface area contributed by atoms with E-state index in [4.69, 9.17) is 20.3 Å². The first-order valence-corrected chi connectivity index (χ1v) is 7.16. The van der Waals surface area contributed by atoms with Crippen molar-refractivity contribution in [3.8, 4) is 11.5 Å². The zero-order valence-corrected chi connectivity index (χ0v) is 12.0. The molecule has 112 valence electrons. The lowest BCUT2D eigenvalue weighted by Crippen LogP contribution is -2.34. The molecule has 0 radical (unpaired) electrons. The van der Waals surface area contributed by atoms with Gasteiger partial charge in [0, 0.05) is 23.8 Å².